The number of nitrogens with two attached hydrogens (primary N) is 1. The Bertz CT molecular complexity index is 1530. The molecule has 4 rings (SSSR count). The van der Waals surface area contributed by atoms with Gasteiger partial charge < -0.3 is 11.1 Å². The summed E-state index contributed by atoms with van der Waals surface area (Å²) < 4.78 is 64.4. The van der Waals surface area contributed by atoms with Crippen molar-refractivity contribution in [3.8, 4) is 11.8 Å². The summed E-state index contributed by atoms with van der Waals surface area (Å²) in [5.41, 5.74) is 3.89. The van der Waals surface area contributed by atoms with Crippen LogP contribution in [0.5, 0.6) is 0 Å². The minimum Gasteiger partial charge on any atom is -0.369 e. The molecule has 0 aliphatic heterocycles. The lowest BCUT2D eigenvalue weighted by Gasteiger charge is -2.18. The zero-order valence-electron chi connectivity index (χ0n) is 19.0. The number of benzene rings is 2. The zero-order chi connectivity index (χ0) is 27.3. The van der Waals surface area contributed by atoms with Crippen LogP contribution in [0.15, 0.2) is 41.3 Å². The molecule has 0 atom stereocenters. The highest BCUT2D eigenvalue weighted by Gasteiger charge is 2.54. The normalized spacial score (nSPS) is 14.7. The molecule has 1 aliphatic rings. The molecule has 8 nitrogen and oxygen atoms in total. The number of anilines is 1. The van der Waals surface area contributed by atoms with Gasteiger partial charge in [-0.2, -0.15) is 23.5 Å². The van der Waals surface area contributed by atoms with Gasteiger partial charge in [0.1, 0.15) is 17.6 Å². The fraction of sp³-hybridized carbons (Fsp3) is 0.261. The van der Waals surface area contributed by atoms with Crippen LogP contribution in [0.25, 0.3) is 5.69 Å². The molecule has 1 heterocycles. The van der Waals surface area contributed by atoms with Gasteiger partial charge in [0, 0.05) is 18.4 Å². The van der Waals surface area contributed by atoms with E-state index in [1.165, 1.54) is 12.1 Å². The quantitative estimate of drug-likeness (QED) is 0.426. The van der Waals surface area contributed by atoms with E-state index in [-0.39, 0.29) is 44.2 Å². The van der Waals surface area contributed by atoms with Gasteiger partial charge in [-0.05, 0) is 42.7 Å². The first-order chi connectivity index (χ1) is 17.2. The molecule has 3 aromatic rings. The maximum atomic E-state index is 13.3. The lowest BCUT2D eigenvalue weighted by Crippen LogP contribution is -2.29. The van der Waals surface area contributed by atoms with Crippen molar-refractivity contribution in [3.05, 3.63) is 68.8 Å². The SMILES string of the molecule is CS(=O)(=O)c1ccc(CNc2c(C3(C(N)=O)CC3)c(C#N)nn2-c2c(Cl)cc(C(F)(F)F)cc2Cl)cc1. The minimum absolute atomic E-state index is 0.0678. The topological polar surface area (TPSA) is 131 Å². The van der Waals surface area contributed by atoms with Gasteiger partial charge in [-0.15, -0.1) is 0 Å². The minimum atomic E-state index is -4.71. The van der Waals surface area contributed by atoms with Crippen LogP contribution in [0.1, 0.15) is 35.2 Å². The molecule has 1 aromatic heterocycles. The summed E-state index contributed by atoms with van der Waals surface area (Å²) in [5.74, 6) is -0.586. The molecule has 14 heteroatoms. The fourth-order valence-electron chi connectivity index (χ4n) is 3.99. The van der Waals surface area contributed by atoms with Gasteiger partial charge in [0.25, 0.3) is 0 Å². The lowest BCUT2D eigenvalue weighted by atomic mass is 9.94. The third-order valence-corrected chi connectivity index (χ3v) is 7.76. The number of hydrogen-bond acceptors (Lipinski definition) is 6. The highest BCUT2D eigenvalue weighted by molar-refractivity contribution is 7.90. The van der Waals surface area contributed by atoms with E-state index in [9.17, 15) is 31.6 Å². The van der Waals surface area contributed by atoms with Crippen molar-refractivity contribution < 1.29 is 26.4 Å². The van der Waals surface area contributed by atoms with Gasteiger partial charge in [-0.3, -0.25) is 4.79 Å². The Balaban J connectivity index is 1.86. The van der Waals surface area contributed by atoms with Crippen molar-refractivity contribution in [2.75, 3.05) is 11.6 Å². The average molecular weight is 572 g/mol. The van der Waals surface area contributed by atoms with Crippen LogP contribution < -0.4 is 11.1 Å². The predicted molar refractivity (Wildman–Crippen MR) is 130 cm³/mol. The summed E-state index contributed by atoms with van der Waals surface area (Å²) in [6.07, 6.45) is -2.95. The van der Waals surface area contributed by atoms with Crippen LogP contribution >= 0.6 is 23.2 Å². The number of halogens is 5. The Morgan fingerprint density at radius 1 is 1.22 bits per heavy atom. The van der Waals surface area contributed by atoms with E-state index in [1.54, 1.807) is 12.1 Å². The Kier molecular flexibility index (Phi) is 6.69. The maximum absolute atomic E-state index is 13.3. The number of rotatable bonds is 7. The molecular formula is C23H18Cl2F3N5O3S. The summed E-state index contributed by atoms with van der Waals surface area (Å²) >= 11 is 12.4. The van der Waals surface area contributed by atoms with Gasteiger partial charge in [0.15, 0.2) is 15.5 Å². The Morgan fingerprint density at radius 3 is 2.22 bits per heavy atom. The number of nitrogens with zero attached hydrogens (tertiary/aromatic N) is 3. The largest absolute Gasteiger partial charge is 0.416 e. The van der Waals surface area contributed by atoms with E-state index in [1.807, 2.05) is 6.07 Å². The van der Waals surface area contributed by atoms with Crippen LogP contribution in [0.3, 0.4) is 0 Å². The van der Waals surface area contributed by atoms with E-state index < -0.39 is 32.9 Å². The molecule has 2 aromatic carbocycles. The van der Waals surface area contributed by atoms with Crippen LogP contribution in [0, 0.1) is 11.3 Å². The predicted octanol–water partition coefficient (Wildman–Crippen LogP) is 4.60. The number of sulfone groups is 1. The Hall–Kier alpha value is -3.27. The number of hydrogen-bond donors (Lipinski definition) is 2. The van der Waals surface area contributed by atoms with E-state index in [2.05, 4.69) is 10.4 Å². The molecule has 1 aliphatic carbocycles. The molecule has 1 amide bonds. The number of amides is 1. The summed E-state index contributed by atoms with van der Waals surface area (Å²) in [5, 5.41) is 16.3. The third kappa shape index (κ3) is 4.99. The van der Waals surface area contributed by atoms with Gasteiger partial charge in [-0.1, -0.05) is 35.3 Å². The van der Waals surface area contributed by atoms with Gasteiger partial charge in [0.05, 0.1) is 25.9 Å². The highest BCUT2D eigenvalue weighted by Crippen LogP contribution is 2.53. The number of aromatic nitrogens is 2. The first-order valence-corrected chi connectivity index (χ1v) is 13.3. The first kappa shape index (κ1) is 26.8. The molecule has 0 spiro atoms. The van der Waals surface area contributed by atoms with Crippen LogP contribution in [0.2, 0.25) is 10.0 Å². The van der Waals surface area contributed by atoms with E-state index in [4.69, 9.17) is 28.9 Å². The summed E-state index contributed by atoms with van der Waals surface area (Å²) in [6.45, 7) is 0.0678. The smallest absolute Gasteiger partial charge is 0.369 e. The zero-order valence-corrected chi connectivity index (χ0v) is 21.4. The Morgan fingerprint density at radius 2 is 1.78 bits per heavy atom. The van der Waals surface area contributed by atoms with Crippen molar-refractivity contribution >= 4 is 44.8 Å². The summed E-state index contributed by atoms with van der Waals surface area (Å²) in [6, 6.07) is 9.24. The number of nitrogens with one attached hydrogen (secondary N) is 1. The molecule has 3 N–H and O–H groups in total. The van der Waals surface area contributed by atoms with Crippen LogP contribution in [-0.4, -0.2) is 30.4 Å². The summed E-state index contributed by atoms with van der Waals surface area (Å²) in [7, 11) is -3.41. The Labute approximate surface area is 219 Å². The second-order valence-corrected chi connectivity index (χ2v) is 11.4. The van der Waals surface area contributed by atoms with Crippen molar-refractivity contribution in [1.82, 2.24) is 9.78 Å². The maximum Gasteiger partial charge on any atom is 0.416 e. The number of carbonyl (C=O) groups excluding carboxylic acids is 1. The second kappa shape index (κ2) is 9.24. The number of carbonyl (C=O) groups is 1. The fourth-order valence-corrected chi connectivity index (χ4v) is 5.27. The van der Waals surface area contributed by atoms with E-state index in [0.717, 1.165) is 10.9 Å². The molecular weight excluding hydrogens is 554 g/mol. The van der Waals surface area contributed by atoms with Gasteiger partial charge in [-0.25, -0.2) is 13.1 Å². The van der Waals surface area contributed by atoms with E-state index in [0.29, 0.717) is 30.5 Å². The number of nitriles is 1. The summed E-state index contributed by atoms with van der Waals surface area (Å²) in [4.78, 5) is 12.5. The van der Waals surface area contributed by atoms with Crippen molar-refractivity contribution in [3.63, 3.8) is 0 Å². The van der Waals surface area contributed by atoms with Crippen LogP contribution in [-0.2, 0) is 32.8 Å². The van der Waals surface area contributed by atoms with Gasteiger partial charge >= 0.3 is 6.18 Å². The molecule has 0 radical (unpaired) electrons. The molecule has 194 valence electrons. The first-order valence-electron chi connectivity index (χ1n) is 10.6. The van der Waals surface area contributed by atoms with Crippen molar-refractivity contribution in [2.45, 2.75) is 35.9 Å². The van der Waals surface area contributed by atoms with E-state index >= 15 is 0 Å². The molecule has 37 heavy (non-hydrogen) atoms. The highest BCUT2D eigenvalue weighted by atomic mass is 35.5. The van der Waals surface area contributed by atoms with Gasteiger partial charge in [0.2, 0.25) is 5.91 Å². The second-order valence-electron chi connectivity index (χ2n) is 8.60. The molecule has 0 unspecified atom stereocenters. The van der Waals surface area contributed by atoms with Crippen molar-refractivity contribution in [2.24, 2.45) is 5.73 Å². The standard InChI is InChI=1S/C23H18Cl2F3N5O3S/c1-37(35,36)14-4-2-12(3-5-14)11-31-20-18(22(6-7-22)21(30)34)17(10-29)32-33(20)19-15(24)8-13(9-16(19)25)23(26,27)28/h2-5,8-9,31H,6-7,11H2,1H3,(H2,30,34). The average Bonchev–Trinajstić information content (AvgIpc) is 3.53. The molecule has 1 fully saturated rings. The molecule has 0 saturated heterocycles. The van der Waals surface area contributed by atoms with Crippen LogP contribution in [0.4, 0.5) is 19.0 Å². The third-order valence-electron chi connectivity index (χ3n) is 6.06. The number of primary amides is 1. The lowest BCUT2D eigenvalue weighted by molar-refractivity contribution is -0.137. The monoisotopic (exact) mass is 571 g/mol. The van der Waals surface area contributed by atoms with Crippen molar-refractivity contribution in [1.29, 1.82) is 5.26 Å². The molecule has 1 saturated carbocycles. The molecule has 0 bridgehead atoms. The number of alkyl halides is 3.